The maximum absolute atomic E-state index is 11.9. The summed E-state index contributed by atoms with van der Waals surface area (Å²) in [5, 5.41) is 7.14. The molecule has 2 N–H and O–H groups in total. The third kappa shape index (κ3) is 8.67. The van der Waals surface area contributed by atoms with E-state index >= 15 is 0 Å². The third-order valence-electron chi connectivity index (χ3n) is 3.62. The van der Waals surface area contributed by atoms with E-state index in [4.69, 9.17) is 4.74 Å². The van der Waals surface area contributed by atoms with E-state index in [1.165, 1.54) is 18.3 Å². The Hall–Kier alpha value is -1.89. The van der Waals surface area contributed by atoms with Crippen LogP contribution in [0.25, 0.3) is 0 Å². The molecular formula is C18H28N2O4S. The first-order valence-electron chi connectivity index (χ1n) is 8.60. The number of hydrogen-bond acceptors (Lipinski definition) is 5. The van der Waals surface area contributed by atoms with Crippen molar-refractivity contribution < 1.29 is 19.1 Å². The van der Waals surface area contributed by atoms with Gasteiger partial charge in [0.25, 0.3) is 11.8 Å². The van der Waals surface area contributed by atoms with Gasteiger partial charge in [-0.1, -0.05) is 32.8 Å². The summed E-state index contributed by atoms with van der Waals surface area (Å²) in [6.45, 7) is 7.46. The Labute approximate surface area is 153 Å². The maximum Gasteiger partial charge on any atom is 0.328 e. The van der Waals surface area contributed by atoms with E-state index in [9.17, 15) is 14.4 Å². The molecular weight excluding hydrogens is 340 g/mol. The minimum absolute atomic E-state index is 0.0425. The summed E-state index contributed by atoms with van der Waals surface area (Å²) in [5.74, 6) is -0.646. The van der Waals surface area contributed by atoms with Crippen molar-refractivity contribution in [2.24, 2.45) is 5.92 Å². The molecule has 7 heteroatoms. The van der Waals surface area contributed by atoms with Gasteiger partial charge >= 0.3 is 5.97 Å². The van der Waals surface area contributed by atoms with E-state index in [1.807, 2.05) is 6.92 Å². The highest BCUT2D eigenvalue weighted by atomic mass is 32.1. The molecule has 0 saturated carbocycles. The van der Waals surface area contributed by atoms with Crippen molar-refractivity contribution in [2.45, 2.75) is 59.0 Å². The monoisotopic (exact) mass is 368 g/mol. The Kier molecular flexibility index (Phi) is 9.20. The standard InChI is InChI=1S/C18H28N2O4S/c1-12(2)7-5-8-13(3)19-16(21)11-24-18(23)14(4)20-17(22)15-9-6-10-25-15/h6,9-10,12-14H,5,7-8,11H2,1-4H3,(H,19,21)(H,20,22). The van der Waals surface area contributed by atoms with Gasteiger partial charge in [-0.3, -0.25) is 9.59 Å². The normalized spacial score (nSPS) is 13.2. The molecule has 140 valence electrons. The number of hydrogen-bond donors (Lipinski definition) is 2. The molecule has 0 aromatic carbocycles. The first-order chi connectivity index (χ1) is 11.8. The van der Waals surface area contributed by atoms with Crippen molar-refractivity contribution in [2.75, 3.05) is 6.61 Å². The summed E-state index contributed by atoms with van der Waals surface area (Å²) >= 11 is 1.29. The Morgan fingerprint density at radius 2 is 1.84 bits per heavy atom. The molecule has 1 rings (SSSR count). The van der Waals surface area contributed by atoms with Gasteiger partial charge in [0.15, 0.2) is 6.61 Å². The minimum Gasteiger partial charge on any atom is -0.454 e. The van der Waals surface area contributed by atoms with Gasteiger partial charge < -0.3 is 15.4 Å². The minimum atomic E-state index is -0.814. The average molecular weight is 368 g/mol. The predicted molar refractivity (Wildman–Crippen MR) is 98.5 cm³/mol. The van der Waals surface area contributed by atoms with Gasteiger partial charge in [0.1, 0.15) is 6.04 Å². The Bertz CT molecular complexity index is 557. The number of amides is 2. The van der Waals surface area contributed by atoms with Crippen molar-refractivity contribution in [3.8, 4) is 0 Å². The number of thiophene rings is 1. The fourth-order valence-corrected chi connectivity index (χ4v) is 2.84. The summed E-state index contributed by atoms with van der Waals surface area (Å²) in [7, 11) is 0. The van der Waals surface area contributed by atoms with Crippen LogP contribution in [0.3, 0.4) is 0 Å². The quantitative estimate of drug-likeness (QED) is 0.622. The molecule has 2 unspecified atom stereocenters. The van der Waals surface area contributed by atoms with E-state index in [2.05, 4.69) is 24.5 Å². The number of carbonyl (C=O) groups is 3. The van der Waals surface area contributed by atoms with Crippen molar-refractivity contribution in [1.29, 1.82) is 0 Å². The van der Waals surface area contributed by atoms with Crippen LogP contribution in [0.1, 0.15) is 56.6 Å². The molecule has 1 aromatic rings. The number of rotatable bonds is 10. The van der Waals surface area contributed by atoms with Gasteiger partial charge in [-0.15, -0.1) is 11.3 Å². The lowest BCUT2D eigenvalue weighted by Crippen LogP contribution is -2.41. The van der Waals surface area contributed by atoms with Crippen LogP contribution < -0.4 is 10.6 Å². The second-order valence-electron chi connectivity index (χ2n) is 6.57. The topological polar surface area (TPSA) is 84.5 Å². The zero-order valence-electron chi connectivity index (χ0n) is 15.3. The highest BCUT2D eigenvalue weighted by molar-refractivity contribution is 7.12. The Morgan fingerprint density at radius 3 is 2.44 bits per heavy atom. The van der Waals surface area contributed by atoms with Gasteiger partial charge in [-0.05, 0) is 37.6 Å². The molecule has 0 aliphatic rings. The summed E-state index contributed by atoms with van der Waals surface area (Å²) in [6.07, 6.45) is 3.06. The van der Waals surface area contributed by atoms with Crippen molar-refractivity contribution in [3.63, 3.8) is 0 Å². The van der Waals surface area contributed by atoms with Crippen LogP contribution in [0.4, 0.5) is 0 Å². The fourth-order valence-electron chi connectivity index (χ4n) is 2.22. The maximum atomic E-state index is 11.9. The van der Waals surface area contributed by atoms with Crippen LogP contribution >= 0.6 is 11.3 Å². The SMILES string of the molecule is CC(C)CCCC(C)NC(=O)COC(=O)C(C)NC(=O)c1cccs1. The summed E-state index contributed by atoms with van der Waals surface area (Å²) in [4.78, 5) is 36.1. The number of carbonyl (C=O) groups excluding carboxylic acids is 3. The molecule has 1 heterocycles. The Morgan fingerprint density at radius 1 is 1.12 bits per heavy atom. The average Bonchev–Trinajstić information content (AvgIpc) is 3.06. The zero-order valence-corrected chi connectivity index (χ0v) is 16.2. The molecule has 0 spiro atoms. The number of esters is 1. The zero-order chi connectivity index (χ0) is 18.8. The number of nitrogens with one attached hydrogen (secondary N) is 2. The van der Waals surface area contributed by atoms with E-state index in [-0.39, 0.29) is 24.5 Å². The Balaban J connectivity index is 2.25. The van der Waals surface area contributed by atoms with Crippen LogP contribution in [-0.4, -0.2) is 36.5 Å². The van der Waals surface area contributed by atoms with E-state index in [0.29, 0.717) is 10.8 Å². The molecule has 0 saturated heterocycles. The van der Waals surface area contributed by atoms with Gasteiger partial charge in [0.2, 0.25) is 0 Å². The van der Waals surface area contributed by atoms with Crippen molar-refractivity contribution in [1.82, 2.24) is 10.6 Å². The van der Waals surface area contributed by atoms with Gasteiger partial charge in [-0.2, -0.15) is 0 Å². The molecule has 1 aromatic heterocycles. The van der Waals surface area contributed by atoms with Crippen LogP contribution in [-0.2, 0) is 14.3 Å². The molecule has 2 amide bonds. The van der Waals surface area contributed by atoms with E-state index < -0.39 is 12.0 Å². The molecule has 6 nitrogen and oxygen atoms in total. The first kappa shape index (κ1) is 21.2. The highest BCUT2D eigenvalue weighted by Gasteiger charge is 2.19. The molecule has 0 aliphatic heterocycles. The molecule has 25 heavy (non-hydrogen) atoms. The molecule has 2 atom stereocenters. The van der Waals surface area contributed by atoms with Gasteiger partial charge in [-0.25, -0.2) is 4.79 Å². The van der Waals surface area contributed by atoms with Crippen LogP contribution in [0.2, 0.25) is 0 Å². The van der Waals surface area contributed by atoms with Crippen LogP contribution in [0.5, 0.6) is 0 Å². The van der Waals surface area contributed by atoms with E-state index in [0.717, 1.165) is 19.3 Å². The smallest absolute Gasteiger partial charge is 0.328 e. The van der Waals surface area contributed by atoms with Crippen LogP contribution in [0.15, 0.2) is 17.5 Å². The summed E-state index contributed by atoms with van der Waals surface area (Å²) in [5.41, 5.74) is 0. The third-order valence-corrected chi connectivity index (χ3v) is 4.49. The second-order valence-corrected chi connectivity index (χ2v) is 7.52. The predicted octanol–water partition coefficient (Wildman–Crippen LogP) is 2.74. The highest BCUT2D eigenvalue weighted by Crippen LogP contribution is 2.09. The first-order valence-corrected chi connectivity index (χ1v) is 9.48. The lowest BCUT2D eigenvalue weighted by molar-refractivity contribution is -0.150. The molecule has 0 fully saturated rings. The molecule has 0 bridgehead atoms. The fraction of sp³-hybridized carbons (Fsp3) is 0.611. The number of ether oxygens (including phenoxy) is 1. The lowest BCUT2D eigenvalue weighted by atomic mass is 10.0. The second kappa shape index (κ2) is 10.9. The summed E-state index contributed by atoms with van der Waals surface area (Å²) < 4.78 is 4.97. The van der Waals surface area contributed by atoms with Crippen molar-refractivity contribution in [3.05, 3.63) is 22.4 Å². The summed E-state index contributed by atoms with van der Waals surface area (Å²) in [6, 6.07) is 2.66. The van der Waals surface area contributed by atoms with Crippen molar-refractivity contribution >= 4 is 29.1 Å². The molecule has 0 aliphatic carbocycles. The largest absolute Gasteiger partial charge is 0.454 e. The van der Waals surface area contributed by atoms with Gasteiger partial charge in [0, 0.05) is 6.04 Å². The molecule has 0 radical (unpaired) electrons. The van der Waals surface area contributed by atoms with Gasteiger partial charge in [0.05, 0.1) is 4.88 Å². The van der Waals surface area contributed by atoms with Crippen LogP contribution in [0, 0.1) is 5.92 Å². The lowest BCUT2D eigenvalue weighted by Gasteiger charge is -2.16. The van der Waals surface area contributed by atoms with E-state index in [1.54, 1.807) is 17.5 Å².